The van der Waals surface area contributed by atoms with Gasteiger partial charge in [0.05, 0.1) is 19.1 Å². The number of hydrogen-bond donors (Lipinski definition) is 3. The second kappa shape index (κ2) is 10.1. The Morgan fingerprint density at radius 2 is 2.03 bits per heavy atom. The van der Waals surface area contributed by atoms with Gasteiger partial charge in [-0.1, -0.05) is 38.2 Å². The third-order valence-electron chi connectivity index (χ3n) is 8.95. The first kappa shape index (κ1) is 25.1. The summed E-state index contributed by atoms with van der Waals surface area (Å²) in [6, 6.07) is 9.58. The summed E-state index contributed by atoms with van der Waals surface area (Å²) in [6.07, 6.45) is 6.71. The van der Waals surface area contributed by atoms with Crippen LogP contribution < -0.4 is 15.8 Å². The molecule has 2 aromatic rings. The normalized spacial score (nSPS) is 27.1. The number of methoxy groups -OCH3 is 1. The summed E-state index contributed by atoms with van der Waals surface area (Å²) in [5.41, 5.74) is 5.72. The number of amides is 3. The molecule has 196 valence electrons. The molecule has 3 amide bonds. The summed E-state index contributed by atoms with van der Waals surface area (Å²) in [7, 11) is 1.58. The Hall–Kier alpha value is -3.54. The van der Waals surface area contributed by atoms with E-state index in [1.54, 1.807) is 18.1 Å². The molecular formula is C28H35N5O4. The monoisotopic (exact) mass is 505 g/mol. The molecule has 37 heavy (non-hydrogen) atoms. The molecule has 1 aromatic carbocycles. The number of carbonyl (C=O) groups excluding carboxylic acids is 3. The van der Waals surface area contributed by atoms with Crippen molar-refractivity contribution in [3.05, 3.63) is 30.0 Å². The van der Waals surface area contributed by atoms with E-state index in [9.17, 15) is 19.6 Å². The van der Waals surface area contributed by atoms with E-state index in [1.165, 1.54) is 6.42 Å². The van der Waals surface area contributed by atoms with Crippen molar-refractivity contribution in [2.24, 2.45) is 29.4 Å². The number of primary amides is 1. The number of H-pyrrole nitrogens is 1. The quantitative estimate of drug-likeness (QED) is 0.530. The third-order valence-corrected chi connectivity index (χ3v) is 8.95. The van der Waals surface area contributed by atoms with E-state index in [2.05, 4.69) is 16.4 Å². The van der Waals surface area contributed by atoms with Crippen molar-refractivity contribution in [2.45, 2.75) is 56.9 Å². The van der Waals surface area contributed by atoms with Crippen LogP contribution >= 0.6 is 0 Å². The molecule has 0 bridgehead atoms. The van der Waals surface area contributed by atoms with Crippen LogP contribution in [-0.4, -0.2) is 53.3 Å². The second-order valence-electron chi connectivity index (χ2n) is 10.9. The number of aromatic amines is 1. The zero-order valence-corrected chi connectivity index (χ0v) is 21.3. The van der Waals surface area contributed by atoms with E-state index >= 15 is 0 Å². The van der Waals surface area contributed by atoms with Gasteiger partial charge in [-0.2, -0.15) is 5.26 Å². The minimum absolute atomic E-state index is 0.0731. The SMILES string of the molecule is COc1cccc2[nH]c(C(=O)N3CC(C4CCCCC4)CC3(C(N)=O)[C@@H](C#N)C[C@H]3CCNC3=O)cc12. The highest BCUT2D eigenvalue weighted by molar-refractivity contribution is 6.03. The largest absolute Gasteiger partial charge is 0.496 e. The number of carbonyl (C=O) groups is 3. The summed E-state index contributed by atoms with van der Waals surface area (Å²) >= 11 is 0. The van der Waals surface area contributed by atoms with Crippen LogP contribution in [0, 0.1) is 35.0 Å². The van der Waals surface area contributed by atoms with E-state index in [0.29, 0.717) is 43.3 Å². The number of aromatic nitrogens is 1. The van der Waals surface area contributed by atoms with E-state index in [1.807, 2.05) is 18.2 Å². The van der Waals surface area contributed by atoms with Crippen LogP contribution in [0.15, 0.2) is 24.3 Å². The average molecular weight is 506 g/mol. The maximum atomic E-state index is 14.1. The predicted octanol–water partition coefficient (Wildman–Crippen LogP) is 3.11. The van der Waals surface area contributed by atoms with E-state index in [4.69, 9.17) is 10.5 Å². The lowest BCUT2D eigenvalue weighted by molar-refractivity contribution is -0.131. The first-order chi connectivity index (χ1) is 17.9. The number of ether oxygens (including phenoxy) is 1. The van der Waals surface area contributed by atoms with Crippen molar-refractivity contribution in [1.29, 1.82) is 5.26 Å². The summed E-state index contributed by atoms with van der Waals surface area (Å²) < 4.78 is 5.46. The molecule has 4 N–H and O–H groups in total. The molecule has 2 aliphatic heterocycles. The third kappa shape index (κ3) is 4.32. The molecular weight excluding hydrogens is 470 g/mol. The van der Waals surface area contributed by atoms with Gasteiger partial charge in [0, 0.05) is 29.9 Å². The Morgan fingerprint density at radius 1 is 1.24 bits per heavy atom. The van der Waals surface area contributed by atoms with Crippen molar-refractivity contribution in [3.8, 4) is 11.8 Å². The lowest BCUT2D eigenvalue weighted by atomic mass is 9.71. The molecule has 3 fully saturated rings. The number of hydrogen-bond acceptors (Lipinski definition) is 5. The molecule has 1 saturated carbocycles. The van der Waals surface area contributed by atoms with E-state index in [-0.39, 0.29) is 30.1 Å². The lowest BCUT2D eigenvalue weighted by Gasteiger charge is -2.39. The van der Waals surface area contributed by atoms with Crippen molar-refractivity contribution < 1.29 is 19.1 Å². The number of benzene rings is 1. The van der Waals surface area contributed by atoms with Crippen LogP contribution in [0.5, 0.6) is 5.75 Å². The van der Waals surface area contributed by atoms with E-state index < -0.39 is 17.4 Å². The fourth-order valence-electron chi connectivity index (χ4n) is 6.97. The average Bonchev–Trinajstić information content (AvgIpc) is 3.64. The molecule has 2 saturated heterocycles. The van der Waals surface area contributed by atoms with Crippen LogP contribution in [-0.2, 0) is 9.59 Å². The predicted molar refractivity (Wildman–Crippen MR) is 137 cm³/mol. The number of likely N-dealkylation sites (tertiary alicyclic amines) is 1. The fourth-order valence-corrected chi connectivity index (χ4v) is 6.97. The standard InChI is InChI=1S/C28H35N5O4/c1-37-24-9-5-8-22-21(24)13-23(32-22)26(35)33-16-19(17-6-3-2-4-7-17)14-28(33,27(30)36)20(15-29)12-18-10-11-31-25(18)34/h5,8-9,13,17-20,32H,2-4,6-7,10-12,14,16H2,1H3,(H2,30,36)(H,31,34)/t18-,19?,20-,28?/m1/s1. The van der Waals surface area contributed by atoms with Gasteiger partial charge in [0.25, 0.3) is 5.91 Å². The topological polar surface area (TPSA) is 141 Å². The van der Waals surface area contributed by atoms with Gasteiger partial charge in [0.1, 0.15) is 17.0 Å². The molecule has 1 aliphatic carbocycles. The number of nitrogens with two attached hydrogens (primary N) is 1. The first-order valence-electron chi connectivity index (χ1n) is 13.3. The second-order valence-corrected chi connectivity index (χ2v) is 10.9. The highest BCUT2D eigenvalue weighted by atomic mass is 16.5. The van der Waals surface area contributed by atoms with Gasteiger partial charge in [0.15, 0.2) is 0 Å². The summed E-state index contributed by atoms with van der Waals surface area (Å²) in [5.74, 6) is -1.30. The molecule has 0 spiro atoms. The molecule has 4 atom stereocenters. The van der Waals surface area contributed by atoms with Gasteiger partial charge >= 0.3 is 0 Å². The highest BCUT2D eigenvalue weighted by Crippen LogP contribution is 2.47. The Kier molecular flexibility index (Phi) is 6.84. The van der Waals surface area contributed by atoms with E-state index in [0.717, 1.165) is 36.6 Å². The molecule has 2 unspecified atom stereocenters. The van der Waals surface area contributed by atoms with Gasteiger partial charge < -0.3 is 25.7 Å². The smallest absolute Gasteiger partial charge is 0.271 e. The minimum atomic E-state index is -1.47. The fraction of sp³-hybridized carbons (Fsp3) is 0.571. The van der Waals surface area contributed by atoms with Crippen LogP contribution in [0.1, 0.15) is 61.9 Å². The number of nitriles is 1. The molecule has 3 heterocycles. The van der Waals surface area contributed by atoms with Crippen LogP contribution in [0.2, 0.25) is 0 Å². The van der Waals surface area contributed by atoms with Gasteiger partial charge in [-0.25, -0.2) is 0 Å². The Bertz CT molecular complexity index is 1240. The minimum Gasteiger partial charge on any atom is -0.496 e. The number of fused-ring (bicyclic) bond motifs is 1. The zero-order chi connectivity index (χ0) is 26.2. The van der Waals surface area contributed by atoms with Crippen LogP contribution in [0.3, 0.4) is 0 Å². The Labute approximate surface area is 216 Å². The zero-order valence-electron chi connectivity index (χ0n) is 21.3. The summed E-state index contributed by atoms with van der Waals surface area (Å²) in [4.78, 5) is 44.7. The first-order valence-corrected chi connectivity index (χ1v) is 13.3. The molecule has 5 rings (SSSR count). The van der Waals surface area contributed by atoms with Gasteiger partial charge in [-0.05, 0) is 49.3 Å². The summed E-state index contributed by atoms with van der Waals surface area (Å²) in [6.45, 7) is 0.920. The number of rotatable bonds is 7. The molecule has 9 nitrogen and oxygen atoms in total. The van der Waals surface area contributed by atoms with Crippen LogP contribution in [0.25, 0.3) is 10.9 Å². The van der Waals surface area contributed by atoms with Crippen molar-refractivity contribution >= 4 is 28.6 Å². The van der Waals surface area contributed by atoms with Gasteiger partial charge in [-0.3, -0.25) is 14.4 Å². The molecule has 0 radical (unpaired) electrons. The maximum absolute atomic E-state index is 14.1. The molecule has 9 heteroatoms. The molecule has 1 aromatic heterocycles. The highest BCUT2D eigenvalue weighted by Gasteiger charge is 2.59. The molecule has 3 aliphatic rings. The van der Waals surface area contributed by atoms with Crippen LogP contribution in [0.4, 0.5) is 0 Å². The Morgan fingerprint density at radius 3 is 2.68 bits per heavy atom. The van der Waals surface area contributed by atoms with Gasteiger partial charge in [-0.15, -0.1) is 0 Å². The maximum Gasteiger partial charge on any atom is 0.271 e. The Balaban J connectivity index is 1.55. The summed E-state index contributed by atoms with van der Waals surface area (Å²) in [5, 5.41) is 13.9. The van der Waals surface area contributed by atoms with Crippen molar-refractivity contribution in [3.63, 3.8) is 0 Å². The lowest BCUT2D eigenvalue weighted by Crippen LogP contribution is -2.60. The van der Waals surface area contributed by atoms with Crippen molar-refractivity contribution in [1.82, 2.24) is 15.2 Å². The number of nitrogens with zero attached hydrogens (tertiary/aromatic N) is 2. The van der Waals surface area contributed by atoms with Crippen molar-refractivity contribution in [2.75, 3.05) is 20.2 Å². The number of nitrogens with one attached hydrogen (secondary N) is 2. The van der Waals surface area contributed by atoms with Gasteiger partial charge in [0.2, 0.25) is 11.8 Å².